The molecule has 0 aliphatic heterocycles. The van der Waals surface area contributed by atoms with Gasteiger partial charge in [-0.15, -0.1) is 0 Å². The molecule has 7 nitrogen and oxygen atoms in total. The fraction of sp³-hybridized carbons (Fsp3) is 0.200. The van der Waals surface area contributed by atoms with Crippen molar-refractivity contribution in [2.24, 2.45) is 5.41 Å². The molecule has 1 fully saturated rings. The van der Waals surface area contributed by atoms with E-state index in [0.29, 0.717) is 30.0 Å². The van der Waals surface area contributed by atoms with Crippen molar-refractivity contribution in [3.05, 3.63) is 120 Å². The Labute approximate surface area is 215 Å². The summed E-state index contributed by atoms with van der Waals surface area (Å²) in [5, 5.41) is 27.8. The minimum absolute atomic E-state index is 0.308. The first-order valence-electron chi connectivity index (χ1n) is 12.2. The van der Waals surface area contributed by atoms with Crippen LogP contribution in [0.3, 0.4) is 0 Å². The zero-order chi connectivity index (χ0) is 25.7. The number of benzene rings is 2. The van der Waals surface area contributed by atoms with Crippen molar-refractivity contribution in [3.8, 4) is 6.07 Å². The lowest BCUT2D eigenvalue weighted by Crippen LogP contribution is -2.28. The molecule has 0 spiro atoms. The summed E-state index contributed by atoms with van der Waals surface area (Å²) >= 11 is 0. The minimum Gasteiger partial charge on any atom is -0.388 e. The van der Waals surface area contributed by atoms with Gasteiger partial charge in [-0.1, -0.05) is 60.7 Å². The van der Waals surface area contributed by atoms with E-state index >= 15 is 0 Å². The van der Waals surface area contributed by atoms with Gasteiger partial charge in [0.1, 0.15) is 11.2 Å². The van der Waals surface area contributed by atoms with Crippen LogP contribution in [0.5, 0.6) is 0 Å². The molecule has 5 rings (SSSR count). The summed E-state index contributed by atoms with van der Waals surface area (Å²) in [6.45, 7) is 0. The molecule has 0 bridgehead atoms. The number of carbonyl (C=O) groups excluding carboxylic acids is 1. The number of pyridine rings is 2. The van der Waals surface area contributed by atoms with Crippen molar-refractivity contribution >= 4 is 17.4 Å². The maximum Gasteiger partial charge on any atom is 0.244 e. The van der Waals surface area contributed by atoms with Gasteiger partial charge in [0.15, 0.2) is 0 Å². The van der Waals surface area contributed by atoms with Gasteiger partial charge in [-0.3, -0.25) is 9.78 Å². The lowest BCUT2D eigenvalue weighted by Gasteiger charge is -2.33. The highest BCUT2D eigenvalue weighted by molar-refractivity contribution is 5.99. The Morgan fingerprint density at radius 2 is 1.57 bits per heavy atom. The Kier molecular flexibility index (Phi) is 6.93. The monoisotopic (exact) mass is 489 g/mol. The molecule has 1 aliphatic carbocycles. The van der Waals surface area contributed by atoms with Crippen LogP contribution < -0.4 is 10.6 Å². The molecule has 1 aliphatic rings. The van der Waals surface area contributed by atoms with Crippen LogP contribution >= 0.6 is 0 Å². The molecule has 4 aromatic rings. The second-order valence-corrected chi connectivity index (χ2v) is 9.21. The number of nitrogens with zero attached hydrogens (tertiary/aromatic N) is 3. The molecule has 1 amide bonds. The van der Waals surface area contributed by atoms with Crippen LogP contribution in [0, 0.1) is 16.7 Å². The van der Waals surface area contributed by atoms with Crippen molar-refractivity contribution in [1.82, 2.24) is 9.97 Å². The Morgan fingerprint density at radius 1 is 0.892 bits per heavy atom. The number of amides is 1. The molecule has 7 heteroatoms. The number of hydrogen-bond donors (Lipinski definition) is 3. The highest BCUT2D eigenvalue weighted by Gasteiger charge is 2.51. The topological polar surface area (TPSA) is 111 Å². The van der Waals surface area contributed by atoms with Gasteiger partial charge in [0.2, 0.25) is 5.91 Å². The van der Waals surface area contributed by atoms with E-state index < -0.39 is 23.5 Å². The van der Waals surface area contributed by atoms with Crippen molar-refractivity contribution in [2.75, 3.05) is 10.6 Å². The molecule has 37 heavy (non-hydrogen) atoms. The maximum absolute atomic E-state index is 13.0. The molecule has 0 radical (unpaired) electrons. The van der Waals surface area contributed by atoms with Crippen molar-refractivity contribution in [1.29, 1.82) is 5.26 Å². The summed E-state index contributed by atoms with van der Waals surface area (Å²) < 4.78 is 0. The fourth-order valence-electron chi connectivity index (χ4n) is 4.55. The molecule has 3 atom stereocenters. The second kappa shape index (κ2) is 10.6. The number of aromatic nitrogens is 2. The number of nitriles is 1. The first-order valence-corrected chi connectivity index (χ1v) is 12.2. The number of carbonyl (C=O) groups is 1. The van der Waals surface area contributed by atoms with Crippen molar-refractivity contribution in [2.45, 2.75) is 30.9 Å². The molecular weight excluding hydrogens is 462 g/mol. The van der Waals surface area contributed by atoms with E-state index in [1.54, 1.807) is 12.4 Å². The number of nitrogens with one attached hydrogen (secondary N) is 2. The first-order chi connectivity index (χ1) is 18.1. The van der Waals surface area contributed by atoms with Crippen LogP contribution in [0.25, 0.3) is 0 Å². The predicted octanol–water partition coefficient (Wildman–Crippen LogP) is 5.39. The molecule has 184 valence electrons. The number of hydrogen-bond acceptors (Lipinski definition) is 6. The third-order valence-corrected chi connectivity index (χ3v) is 6.78. The minimum atomic E-state index is -0.971. The van der Waals surface area contributed by atoms with Gasteiger partial charge in [0.05, 0.1) is 24.1 Å². The van der Waals surface area contributed by atoms with Gasteiger partial charge in [0, 0.05) is 23.8 Å². The van der Waals surface area contributed by atoms with E-state index in [4.69, 9.17) is 0 Å². The third-order valence-electron chi connectivity index (χ3n) is 6.78. The standard InChI is InChI=1S/C30H27N5O2/c31-20-30(16-17-30)29(37)34-23-13-5-4-12-22(23)27(35-25-15-7-9-19-33-25)26(24-14-6-8-18-32-24)28(36)21-10-2-1-3-11-21/h1-15,18-19,26-28,36H,16-17H2,(H,33,35)(H,34,37)/t26-,27+,28+/m0/s1. The Hall–Kier alpha value is -4.54. The van der Waals surface area contributed by atoms with Crippen LogP contribution in [-0.2, 0) is 4.79 Å². The summed E-state index contributed by atoms with van der Waals surface area (Å²) in [5.74, 6) is -0.239. The van der Waals surface area contributed by atoms with E-state index in [9.17, 15) is 15.2 Å². The molecular formula is C30H27N5O2. The molecule has 3 N–H and O–H groups in total. The molecule has 1 saturated carbocycles. The summed E-state index contributed by atoms with van der Waals surface area (Å²) in [5.41, 5.74) is 1.78. The summed E-state index contributed by atoms with van der Waals surface area (Å²) in [7, 11) is 0. The van der Waals surface area contributed by atoms with E-state index in [2.05, 4.69) is 26.7 Å². The van der Waals surface area contributed by atoms with E-state index in [0.717, 1.165) is 11.1 Å². The molecule has 2 aromatic heterocycles. The van der Waals surface area contributed by atoms with E-state index in [1.165, 1.54) is 0 Å². The van der Waals surface area contributed by atoms with Crippen molar-refractivity contribution in [3.63, 3.8) is 0 Å². The van der Waals surface area contributed by atoms with Gasteiger partial charge < -0.3 is 15.7 Å². The predicted molar refractivity (Wildman–Crippen MR) is 141 cm³/mol. The number of para-hydroxylation sites is 1. The Bertz CT molecular complexity index is 1390. The summed E-state index contributed by atoms with van der Waals surface area (Å²) in [6.07, 6.45) is 3.58. The van der Waals surface area contributed by atoms with Gasteiger partial charge >= 0.3 is 0 Å². The highest BCUT2D eigenvalue weighted by Crippen LogP contribution is 2.47. The molecule has 0 saturated heterocycles. The third kappa shape index (κ3) is 5.20. The smallest absolute Gasteiger partial charge is 0.244 e. The average molecular weight is 490 g/mol. The lowest BCUT2D eigenvalue weighted by atomic mass is 9.82. The Morgan fingerprint density at radius 3 is 2.22 bits per heavy atom. The van der Waals surface area contributed by atoms with Crippen LogP contribution in [-0.4, -0.2) is 21.0 Å². The maximum atomic E-state index is 13.0. The number of anilines is 2. The zero-order valence-electron chi connectivity index (χ0n) is 20.2. The first kappa shape index (κ1) is 24.2. The number of aliphatic hydroxyl groups excluding tert-OH is 1. The molecule has 2 aromatic carbocycles. The second-order valence-electron chi connectivity index (χ2n) is 9.21. The largest absolute Gasteiger partial charge is 0.388 e. The van der Waals surface area contributed by atoms with Crippen LogP contribution in [0.15, 0.2) is 103 Å². The van der Waals surface area contributed by atoms with Gasteiger partial charge in [0.25, 0.3) is 0 Å². The van der Waals surface area contributed by atoms with Gasteiger partial charge in [-0.2, -0.15) is 5.26 Å². The SMILES string of the molecule is N#CC1(C(=O)Nc2ccccc2[C@@H](Nc2ccccn2)[C@H](c2ccccn2)[C@H](O)c2ccccc2)CC1. The number of rotatable bonds is 9. The molecule has 2 heterocycles. The zero-order valence-corrected chi connectivity index (χ0v) is 20.2. The fourth-order valence-corrected chi connectivity index (χ4v) is 4.55. The molecule has 0 unspecified atom stereocenters. The summed E-state index contributed by atoms with van der Waals surface area (Å²) in [4.78, 5) is 22.1. The highest BCUT2D eigenvalue weighted by atomic mass is 16.3. The normalized spacial score (nSPS) is 16.0. The Balaban J connectivity index is 1.62. The van der Waals surface area contributed by atoms with E-state index in [1.807, 2.05) is 91.0 Å². The van der Waals surface area contributed by atoms with Crippen LogP contribution in [0.4, 0.5) is 11.5 Å². The van der Waals surface area contributed by atoms with Gasteiger partial charge in [-0.25, -0.2) is 4.98 Å². The quantitative estimate of drug-likeness (QED) is 0.291. The summed E-state index contributed by atoms with van der Waals surface area (Å²) in [6, 6.07) is 29.7. The van der Waals surface area contributed by atoms with E-state index in [-0.39, 0.29) is 5.91 Å². The number of aliphatic hydroxyl groups is 1. The van der Waals surface area contributed by atoms with Crippen molar-refractivity contribution < 1.29 is 9.90 Å². The lowest BCUT2D eigenvalue weighted by molar-refractivity contribution is -0.119. The average Bonchev–Trinajstić information content (AvgIpc) is 3.76. The van der Waals surface area contributed by atoms with Gasteiger partial charge in [-0.05, 0) is 54.3 Å². The van der Waals surface area contributed by atoms with Crippen LogP contribution in [0.2, 0.25) is 0 Å². The van der Waals surface area contributed by atoms with Crippen LogP contribution in [0.1, 0.15) is 47.7 Å².